The molecule has 1 heteroatoms. The van der Waals surface area contributed by atoms with Gasteiger partial charge >= 0.3 is 0 Å². The minimum atomic E-state index is 1.27. The van der Waals surface area contributed by atoms with Gasteiger partial charge in [-0.2, -0.15) is 0 Å². The summed E-state index contributed by atoms with van der Waals surface area (Å²) in [5, 5.41) is 0. The lowest BCUT2D eigenvalue weighted by Crippen LogP contribution is -2.26. The standard InChI is InChI=1S/C15H31N/c1-4-7-8-9-10-11-12-15-16(13-5-2)14-6-3/h4,7H,5-6,8-15H2,1-3H3/b7-4+. The van der Waals surface area contributed by atoms with E-state index in [1.54, 1.807) is 0 Å². The molecule has 96 valence electrons. The Bertz CT molecular complexity index is 146. The van der Waals surface area contributed by atoms with Crippen molar-refractivity contribution in [3.05, 3.63) is 12.2 Å². The molecule has 0 radical (unpaired) electrons. The Kier molecular flexibility index (Phi) is 12.5. The first-order chi connectivity index (χ1) is 7.85. The van der Waals surface area contributed by atoms with Gasteiger partial charge in [-0.15, -0.1) is 0 Å². The van der Waals surface area contributed by atoms with E-state index < -0.39 is 0 Å². The monoisotopic (exact) mass is 225 g/mol. The van der Waals surface area contributed by atoms with Gasteiger partial charge < -0.3 is 4.90 Å². The summed E-state index contributed by atoms with van der Waals surface area (Å²) in [5.41, 5.74) is 0. The van der Waals surface area contributed by atoms with Crippen LogP contribution < -0.4 is 0 Å². The highest BCUT2D eigenvalue weighted by molar-refractivity contribution is 4.76. The first-order valence-electron chi connectivity index (χ1n) is 7.18. The second-order valence-corrected chi connectivity index (χ2v) is 4.61. The summed E-state index contributed by atoms with van der Waals surface area (Å²) < 4.78 is 0. The lowest BCUT2D eigenvalue weighted by Gasteiger charge is -2.20. The number of nitrogens with zero attached hydrogens (tertiary/aromatic N) is 1. The summed E-state index contributed by atoms with van der Waals surface area (Å²) in [6.45, 7) is 10.5. The molecule has 0 atom stereocenters. The van der Waals surface area contributed by atoms with Crippen LogP contribution >= 0.6 is 0 Å². The quantitative estimate of drug-likeness (QED) is 0.366. The largest absolute Gasteiger partial charge is 0.303 e. The molecule has 0 bridgehead atoms. The molecular weight excluding hydrogens is 194 g/mol. The maximum absolute atomic E-state index is 2.62. The van der Waals surface area contributed by atoms with Gasteiger partial charge in [0.1, 0.15) is 0 Å². The lowest BCUT2D eigenvalue weighted by molar-refractivity contribution is 0.268. The molecule has 0 rings (SSSR count). The minimum Gasteiger partial charge on any atom is -0.303 e. The number of hydrogen-bond acceptors (Lipinski definition) is 1. The fourth-order valence-electron chi connectivity index (χ4n) is 2.09. The van der Waals surface area contributed by atoms with Crippen LogP contribution in [-0.4, -0.2) is 24.5 Å². The molecular formula is C15H31N. The predicted octanol–water partition coefficient (Wildman–Crippen LogP) is 4.64. The Morgan fingerprint density at radius 1 is 0.812 bits per heavy atom. The maximum atomic E-state index is 2.62. The van der Waals surface area contributed by atoms with Crippen molar-refractivity contribution in [1.29, 1.82) is 0 Å². The van der Waals surface area contributed by atoms with Gasteiger partial charge in [-0.25, -0.2) is 0 Å². The molecule has 1 nitrogen and oxygen atoms in total. The van der Waals surface area contributed by atoms with E-state index in [0.717, 1.165) is 0 Å². The van der Waals surface area contributed by atoms with Gasteiger partial charge in [0.15, 0.2) is 0 Å². The number of rotatable bonds is 11. The Hall–Kier alpha value is -0.300. The van der Waals surface area contributed by atoms with Gasteiger partial charge in [-0.3, -0.25) is 0 Å². The molecule has 0 fully saturated rings. The molecule has 0 aromatic carbocycles. The van der Waals surface area contributed by atoms with Crippen molar-refractivity contribution in [3.8, 4) is 0 Å². The molecule has 0 spiro atoms. The zero-order valence-corrected chi connectivity index (χ0v) is 11.7. The Balaban J connectivity index is 3.32. The maximum Gasteiger partial charge on any atom is -0.00187 e. The fourth-order valence-corrected chi connectivity index (χ4v) is 2.09. The van der Waals surface area contributed by atoms with E-state index in [4.69, 9.17) is 0 Å². The molecule has 0 aromatic rings. The van der Waals surface area contributed by atoms with Crippen molar-refractivity contribution >= 4 is 0 Å². The van der Waals surface area contributed by atoms with Crippen LogP contribution in [0.3, 0.4) is 0 Å². The lowest BCUT2D eigenvalue weighted by atomic mass is 10.1. The van der Waals surface area contributed by atoms with Crippen molar-refractivity contribution in [2.24, 2.45) is 0 Å². The minimum absolute atomic E-state index is 1.27. The molecule has 0 saturated heterocycles. The van der Waals surface area contributed by atoms with Crippen LogP contribution in [0.25, 0.3) is 0 Å². The highest BCUT2D eigenvalue weighted by Crippen LogP contribution is 2.05. The van der Waals surface area contributed by atoms with Gasteiger partial charge in [0.25, 0.3) is 0 Å². The molecule has 0 aliphatic rings. The van der Waals surface area contributed by atoms with Crippen LogP contribution in [0, 0.1) is 0 Å². The van der Waals surface area contributed by atoms with Crippen molar-refractivity contribution < 1.29 is 0 Å². The molecule has 16 heavy (non-hydrogen) atoms. The van der Waals surface area contributed by atoms with E-state index in [0.29, 0.717) is 0 Å². The van der Waals surface area contributed by atoms with Crippen molar-refractivity contribution in [2.75, 3.05) is 19.6 Å². The van der Waals surface area contributed by atoms with Gasteiger partial charge in [0.2, 0.25) is 0 Å². The normalized spacial score (nSPS) is 11.8. The first-order valence-corrected chi connectivity index (χ1v) is 7.18. The van der Waals surface area contributed by atoms with Crippen LogP contribution in [-0.2, 0) is 0 Å². The van der Waals surface area contributed by atoms with Gasteiger partial charge in [-0.1, -0.05) is 38.8 Å². The topological polar surface area (TPSA) is 3.24 Å². The number of allylic oxidation sites excluding steroid dienone is 2. The van der Waals surface area contributed by atoms with Crippen LogP contribution in [0.2, 0.25) is 0 Å². The average Bonchev–Trinajstić information content (AvgIpc) is 2.28. The summed E-state index contributed by atoms with van der Waals surface area (Å²) in [6.07, 6.45) is 13.8. The Labute approximate surface area is 103 Å². The van der Waals surface area contributed by atoms with Crippen molar-refractivity contribution in [1.82, 2.24) is 4.90 Å². The second-order valence-electron chi connectivity index (χ2n) is 4.61. The summed E-state index contributed by atoms with van der Waals surface area (Å²) in [7, 11) is 0. The SMILES string of the molecule is C/C=C/CCCCCCN(CCC)CCC. The molecule has 0 aliphatic carbocycles. The molecule has 0 N–H and O–H groups in total. The Morgan fingerprint density at radius 3 is 2.00 bits per heavy atom. The smallest absolute Gasteiger partial charge is 0.00187 e. The average molecular weight is 225 g/mol. The van der Waals surface area contributed by atoms with Crippen LogP contribution in [0.5, 0.6) is 0 Å². The van der Waals surface area contributed by atoms with E-state index in [1.165, 1.54) is 64.6 Å². The number of hydrogen-bond donors (Lipinski definition) is 0. The molecule has 0 unspecified atom stereocenters. The van der Waals surface area contributed by atoms with Gasteiger partial charge in [0, 0.05) is 0 Å². The van der Waals surface area contributed by atoms with Crippen LogP contribution in [0.1, 0.15) is 65.7 Å². The third-order valence-electron chi connectivity index (χ3n) is 2.91. The summed E-state index contributed by atoms with van der Waals surface area (Å²) in [5.74, 6) is 0. The van der Waals surface area contributed by atoms with E-state index in [1.807, 2.05) is 0 Å². The van der Waals surface area contributed by atoms with Gasteiger partial charge in [-0.05, 0) is 58.7 Å². The van der Waals surface area contributed by atoms with E-state index in [9.17, 15) is 0 Å². The zero-order valence-electron chi connectivity index (χ0n) is 11.7. The van der Waals surface area contributed by atoms with E-state index >= 15 is 0 Å². The fraction of sp³-hybridized carbons (Fsp3) is 0.867. The molecule has 0 aliphatic heterocycles. The van der Waals surface area contributed by atoms with E-state index in [-0.39, 0.29) is 0 Å². The molecule has 0 saturated carbocycles. The zero-order chi connectivity index (χ0) is 12.1. The van der Waals surface area contributed by atoms with Crippen LogP contribution in [0.15, 0.2) is 12.2 Å². The Morgan fingerprint density at radius 2 is 1.44 bits per heavy atom. The molecule has 0 amide bonds. The van der Waals surface area contributed by atoms with Gasteiger partial charge in [0.05, 0.1) is 0 Å². The summed E-state index contributed by atoms with van der Waals surface area (Å²) in [6, 6.07) is 0. The number of unbranched alkanes of at least 4 members (excludes halogenated alkanes) is 4. The third-order valence-corrected chi connectivity index (χ3v) is 2.91. The molecule has 0 heterocycles. The highest BCUT2D eigenvalue weighted by atomic mass is 15.1. The summed E-state index contributed by atoms with van der Waals surface area (Å²) in [4.78, 5) is 2.62. The molecule has 0 aromatic heterocycles. The highest BCUT2D eigenvalue weighted by Gasteiger charge is 2.01. The third kappa shape index (κ3) is 10.2. The van der Waals surface area contributed by atoms with Crippen LogP contribution in [0.4, 0.5) is 0 Å². The van der Waals surface area contributed by atoms with Crippen molar-refractivity contribution in [2.45, 2.75) is 65.7 Å². The summed E-state index contributed by atoms with van der Waals surface area (Å²) >= 11 is 0. The van der Waals surface area contributed by atoms with Crippen molar-refractivity contribution in [3.63, 3.8) is 0 Å². The predicted molar refractivity (Wildman–Crippen MR) is 74.9 cm³/mol. The first kappa shape index (κ1) is 15.7. The second kappa shape index (κ2) is 12.8. The van der Waals surface area contributed by atoms with E-state index in [2.05, 4.69) is 37.8 Å².